The number of hydrogen-bond donors (Lipinski definition) is 4. The van der Waals surface area contributed by atoms with Gasteiger partial charge in [0.25, 0.3) is 0 Å². The summed E-state index contributed by atoms with van der Waals surface area (Å²) in [5.41, 5.74) is 1.97. The van der Waals surface area contributed by atoms with Crippen LogP contribution in [0.2, 0.25) is 0 Å². The van der Waals surface area contributed by atoms with Crippen LogP contribution in [0.4, 0.5) is 0 Å². The zero-order valence-corrected chi connectivity index (χ0v) is 14.3. The smallest absolute Gasteiger partial charge is 0.333 e. The summed E-state index contributed by atoms with van der Waals surface area (Å²) in [5, 5.41) is 18.6. The highest BCUT2D eigenvalue weighted by molar-refractivity contribution is 7.52. The van der Waals surface area contributed by atoms with Crippen molar-refractivity contribution in [2.24, 2.45) is 0 Å². The average molecular weight is 369 g/mol. The summed E-state index contributed by atoms with van der Waals surface area (Å²) < 4.78 is 16.9. The number of para-hydroxylation sites is 1. The molecule has 4 N–H and O–H groups in total. The third kappa shape index (κ3) is 5.70. The molecular weight excluding hydrogens is 349 g/mol. The fourth-order valence-corrected chi connectivity index (χ4v) is 3.79. The number of carboxylic acids is 2. The van der Waals surface area contributed by atoms with Crippen LogP contribution >= 0.6 is 7.60 Å². The number of aromatic nitrogens is 1. The van der Waals surface area contributed by atoms with Crippen LogP contribution in [0, 0.1) is 0 Å². The Morgan fingerprint density at radius 3 is 2.64 bits per heavy atom. The number of fused-ring (bicyclic) bond motifs is 1. The molecule has 9 heteroatoms. The highest BCUT2D eigenvalue weighted by Gasteiger charge is 2.29. The Morgan fingerprint density at radius 2 is 1.96 bits per heavy atom. The van der Waals surface area contributed by atoms with Crippen LogP contribution in [-0.2, 0) is 25.1 Å². The molecular formula is C16H20NO7P. The van der Waals surface area contributed by atoms with E-state index in [-0.39, 0.29) is 12.6 Å². The van der Waals surface area contributed by atoms with E-state index < -0.39 is 32.1 Å². The quantitative estimate of drug-likeness (QED) is 0.472. The lowest BCUT2D eigenvalue weighted by Crippen LogP contribution is -2.24. The topological polar surface area (TPSA) is 137 Å². The van der Waals surface area contributed by atoms with Crippen LogP contribution in [0.5, 0.6) is 0 Å². The molecule has 0 bridgehead atoms. The summed E-state index contributed by atoms with van der Waals surface area (Å²) in [6.07, 6.45) is 0.0692. The van der Waals surface area contributed by atoms with Crippen LogP contribution < -0.4 is 0 Å². The number of aryl methyl sites for hydroxylation is 1. The van der Waals surface area contributed by atoms with Crippen LogP contribution in [0.15, 0.2) is 30.5 Å². The molecule has 2 aromatic rings. The van der Waals surface area contributed by atoms with E-state index in [9.17, 15) is 19.0 Å². The predicted octanol–water partition coefficient (Wildman–Crippen LogP) is 2.62. The van der Waals surface area contributed by atoms with E-state index in [1.54, 1.807) is 0 Å². The van der Waals surface area contributed by atoms with Crippen molar-refractivity contribution in [1.82, 2.24) is 4.98 Å². The summed E-state index contributed by atoms with van der Waals surface area (Å²) in [7, 11) is -4.13. The first kappa shape index (κ1) is 19.2. The Morgan fingerprint density at radius 1 is 1.24 bits per heavy atom. The number of carbonyl (C=O) groups is 2. The van der Waals surface area contributed by atoms with Gasteiger partial charge in [-0.2, -0.15) is 0 Å². The Labute approximate surface area is 144 Å². The largest absolute Gasteiger partial charge is 0.481 e. The SMILES string of the molecule is O=C(O)CCC(OP(=O)(O)CCCc1c[nH]c2ccccc12)C(=O)O. The second-order valence-electron chi connectivity index (χ2n) is 5.69. The molecule has 0 spiro atoms. The Bertz CT molecular complexity index is 801. The number of carboxylic acid groups (broad SMARTS) is 2. The van der Waals surface area contributed by atoms with Crippen LogP contribution in [0.3, 0.4) is 0 Å². The van der Waals surface area contributed by atoms with E-state index in [4.69, 9.17) is 14.7 Å². The highest BCUT2D eigenvalue weighted by atomic mass is 31.2. The molecule has 2 unspecified atom stereocenters. The molecule has 0 aliphatic heterocycles. The minimum atomic E-state index is -4.13. The standard InChI is InChI=1S/C16H20NO7P/c18-15(19)8-7-14(16(20)21)24-25(22,23)9-3-4-11-10-17-13-6-2-1-5-12(11)13/h1-2,5-6,10,14,17H,3-4,7-9H2,(H,18,19)(H,20,21)(H,22,23). The first-order valence-electron chi connectivity index (χ1n) is 7.78. The van der Waals surface area contributed by atoms with Crippen molar-refractivity contribution in [3.05, 3.63) is 36.0 Å². The normalized spacial score (nSPS) is 14.9. The molecule has 25 heavy (non-hydrogen) atoms. The Kier molecular flexibility index (Phi) is 6.36. The number of nitrogens with one attached hydrogen (secondary N) is 1. The summed E-state index contributed by atoms with van der Waals surface area (Å²) >= 11 is 0. The lowest BCUT2D eigenvalue weighted by molar-refractivity contribution is -0.146. The van der Waals surface area contributed by atoms with Gasteiger partial charge < -0.3 is 20.1 Å². The molecule has 136 valence electrons. The lowest BCUT2D eigenvalue weighted by Gasteiger charge is -2.17. The van der Waals surface area contributed by atoms with Crippen LogP contribution in [0.25, 0.3) is 10.9 Å². The van der Waals surface area contributed by atoms with Gasteiger partial charge in [0.2, 0.25) is 0 Å². The van der Waals surface area contributed by atoms with Crippen molar-refractivity contribution >= 4 is 30.4 Å². The molecule has 2 atom stereocenters. The average Bonchev–Trinajstić information content (AvgIpc) is 2.94. The van der Waals surface area contributed by atoms with Crippen molar-refractivity contribution in [3.8, 4) is 0 Å². The number of rotatable bonds is 10. The van der Waals surface area contributed by atoms with E-state index >= 15 is 0 Å². The van der Waals surface area contributed by atoms with Crippen molar-refractivity contribution in [2.75, 3.05) is 6.16 Å². The van der Waals surface area contributed by atoms with E-state index in [2.05, 4.69) is 4.98 Å². The molecule has 1 aromatic heterocycles. The van der Waals surface area contributed by atoms with Gasteiger partial charge in [-0.15, -0.1) is 0 Å². The molecule has 1 aromatic carbocycles. The summed E-state index contributed by atoms with van der Waals surface area (Å²) in [6, 6.07) is 7.68. The molecule has 0 aliphatic rings. The van der Waals surface area contributed by atoms with E-state index in [0.29, 0.717) is 12.8 Å². The maximum atomic E-state index is 12.1. The van der Waals surface area contributed by atoms with Gasteiger partial charge in [-0.25, -0.2) is 4.79 Å². The third-order valence-electron chi connectivity index (χ3n) is 3.75. The summed E-state index contributed by atoms with van der Waals surface area (Å²) in [4.78, 5) is 34.5. The number of hydrogen-bond acceptors (Lipinski definition) is 4. The molecule has 0 aliphatic carbocycles. The lowest BCUT2D eigenvalue weighted by atomic mass is 10.1. The zero-order chi connectivity index (χ0) is 18.4. The molecule has 0 saturated heterocycles. The van der Waals surface area contributed by atoms with E-state index in [0.717, 1.165) is 16.5 Å². The first-order valence-corrected chi connectivity index (χ1v) is 9.54. The monoisotopic (exact) mass is 369 g/mol. The fourth-order valence-electron chi connectivity index (χ4n) is 2.54. The minimum Gasteiger partial charge on any atom is -0.481 e. The molecule has 0 amide bonds. The van der Waals surface area contributed by atoms with Crippen molar-refractivity contribution in [3.63, 3.8) is 0 Å². The summed E-state index contributed by atoms with van der Waals surface area (Å²) in [5.74, 6) is -2.64. The molecule has 2 rings (SSSR count). The Balaban J connectivity index is 1.90. The van der Waals surface area contributed by atoms with Crippen LogP contribution in [-0.4, -0.2) is 44.3 Å². The number of benzene rings is 1. The van der Waals surface area contributed by atoms with Gasteiger partial charge in [0.1, 0.15) is 0 Å². The predicted molar refractivity (Wildman–Crippen MR) is 90.7 cm³/mol. The van der Waals surface area contributed by atoms with Crippen LogP contribution in [0.1, 0.15) is 24.8 Å². The van der Waals surface area contributed by atoms with Gasteiger partial charge in [0.15, 0.2) is 6.10 Å². The van der Waals surface area contributed by atoms with E-state index in [1.807, 2.05) is 30.5 Å². The van der Waals surface area contributed by atoms with Crippen molar-refractivity contribution < 1.29 is 33.8 Å². The number of H-pyrrole nitrogens is 1. The number of aromatic amines is 1. The molecule has 0 fully saturated rings. The highest BCUT2D eigenvalue weighted by Crippen LogP contribution is 2.45. The van der Waals surface area contributed by atoms with Crippen molar-refractivity contribution in [2.45, 2.75) is 31.8 Å². The maximum absolute atomic E-state index is 12.1. The second kappa shape index (κ2) is 8.29. The Hall–Kier alpha value is -2.15. The number of aliphatic carboxylic acids is 2. The van der Waals surface area contributed by atoms with E-state index in [1.165, 1.54) is 0 Å². The van der Waals surface area contributed by atoms with Gasteiger partial charge in [-0.05, 0) is 30.9 Å². The van der Waals surface area contributed by atoms with Gasteiger partial charge in [-0.3, -0.25) is 13.9 Å². The van der Waals surface area contributed by atoms with Gasteiger partial charge in [-0.1, -0.05) is 18.2 Å². The minimum absolute atomic E-state index is 0.205. The fraction of sp³-hybridized carbons (Fsp3) is 0.375. The first-order chi connectivity index (χ1) is 11.8. The van der Waals surface area contributed by atoms with Gasteiger partial charge >= 0.3 is 19.5 Å². The molecule has 8 nitrogen and oxygen atoms in total. The zero-order valence-electron chi connectivity index (χ0n) is 13.4. The van der Waals surface area contributed by atoms with Gasteiger partial charge in [0, 0.05) is 23.5 Å². The van der Waals surface area contributed by atoms with Crippen molar-refractivity contribution in [1.29, 1.82) is 0 Å². The second-order valence-corrected chi connectivity index (χ2v) is 7.62. The molecule has 0 radical (unpaired) electrons. The molecule has 1 heterocycles. The summed E-state index contributed by atoms with van der Waals surface area (Å²) in [6.45, 7) is 0. The third-order valence-corrected chi connectivity index (χ3v) is 5.21. The maximum Gasteiger partial charge on any atom is 0.333 e. The van der Waals surface area contributed by atoms with Gasteiger partial charge in [0.05, 0.1) is 6.16 Å². The molecule has 0 saturated carbocycles.